The van der Waals surface area contributed by atoms with Crippen LogP contribution in [-0.2, 0) is 9.53 Å². The molecular weight excluding hydrogens is 230 g/mol. The summed E-state index contributed by atoms with van der Waals surface area (Å²) in [5, 5.41) is 2.66. The second-order valence-electron chi connectivity index (χ2n) is 6.25. The van der Waals surface area contributed by atoms with E-state index in [1.807, 2.05) is 6.92 Å². The summed E-state index contributed by atoms with van der Waals surface area (Å²) in [7, 11) is 0. The van der Waals surface area contributed by atoms with E-state index in [9.17, 15) is 9.59 Å². The van der Waals surface area contributed by atoms with Gasteiger partial charge in [-0.05, 0) is 45.4 Å². The first-order valence-corrected chi connectivity index (χ1v) is 6.75. The Balaban J connectivity index is 2.40. The number of hydrogen-bond acceptors (Lipinski definition) is 3. The zero-order valence-electron chi connectivity index (χ0n) is 12.1. The molecule has 3 atom stereocenters. The number of Topliss-reactive ketones (excluding diaryl/α,β-unsaturated/α-hetero) is 1. The van der Waals surface area contributed by atoms with Gasteiger partial charge in [0.05, 0.1) is 6.04 Å². The van der Waals surface area contributed by atoms with Crippen LogP contribution >= 0.6 is 0 Å². The summed E-state index contributed by atoms with van der Waals surface area (Å²) in [5.74, 6) is 1.30. The average molecular weight is 255 g/mol. The number of amides is 1. The number of nitrogens with one attached hydrogen (secondary N) is 1. The summed E-state index contributed by atoms with van der Waals surface area (Å²) in [6.45, 7) is 9.47. The van der Waals surface area contributed by atoms with Crippen LogP contribution < -0.4 is 5.32 Å². The summed E-state index contributed by atoms with van der Waals surface area (Å²) < 4.78 is 5.16. The highest BCUT2D eigenvalue weighted by Gasteiger charge is 2.36. The minimum absolute atomic E-state index is 0.123. The van der Waals surface area contributed by atoms with Crippen molar-refractivity contribution in [3.05, 3.63) is 0 Å². The number of alkyl carbamates (subject to hydrolysis) is 1. The van der Waals surface area contributed by atoms with Gasteiger partial charge in [-0.1, -0.05) is 13.8 Å². The molecule has 0 aliphatic heterocycles. The minimum atomic E-state index is -0.531. The number of ketones is 1. The van der Waals surface area contributed by atoms with Gasteiger partial charge in [-0.2, -0.15) is 0 Å². The van der Waals surface area contributed by atoms with Crippen molar-refractivity contribution in [2.45, 2.75) is 65.5 Å². The normalized spacial score (nSPS) is 24.3. The third-order valence-corrected chi connectivity index (χ3v) is 3.23. The molecule has 1 fully saturated rings. The fourth-order valence-corrected chi connectivity index (χ4v) is 1.94. The molecule has 0 spiro atoms. The van der Waals surface area contributed by atoms with Crippen molar-refractivity contribution in [1.29, 1.82) is 0 Å². The predicted molar refractivity (Wildman–Crippen MR) is 70.3 cm³/mol. The van der Waals surface area contributed by atoms with E-state index in [1.165, 1.54) is 0 Å². The maximum atomic E-state index is 12.0. The fraction of sp³-hybridized carbons (Fsp3) is 0.857. The van der Waals surface area contributed by atoms with Gasteiger partial charge in [0.15, 0.2) is 5.78 Å². The molecule has 0 aromatic carbocycles. The SMILES string of the molecule is CCC(NC(=O)OC(C)(C)C)C(=O)CC1CC1C. The molecule has 4 nitrogen and oxygen atoms in total. The zero-order chi connectivity index (χ0) is 13.9. The van der Waals surface area contributed by atoms with Crippen molar-refractivity contribution >= 4 is 11.9 Å². The van der Waals surface area contributed by atoms with Crippen LogP contribution in [-0.4, -0.2) is 23.5 Å². The van der Waals surface area contributed by atoms with Crippen LogP contribution in [0, 0.1) is 11.8 Å². The molecule has 104 valence electrons. The van der Waals surface area contributed by atoms with E-state index in [0.717, 1.165) is 6.42 Å². The number of carbonyl (C=O) groups is 2. The Morgan fingerprint density at radius 2 is 1.94 bits per heavy atom. The Bertz CT molecular complexity index is 319. The lowest BCUT2D eigenvalue weighted by atomic mass is 10.0. The molecule has 1 saturated carbocycles. The molecule has 0 heterocycles. The number of hydrogen-bond donors (Lipinski definition) is 1. The van der Waals surface area contributed by atoms with Crippen molar-refractivity contribution in [2.75, 3.05) is 0 Å². The molecule has 1 aliphatic rings. The lowest BCUT2D eigenvalue weighted by molar-refractivity contribution is -0.121. The van der Waals surface area contributed by atoms with Crippen LogP contribution in [0.4, 0.5) is 4.79 Å². The van der Waals surface area contributed by atoms with Crippen molar-refractivity contribution in [1.82, 2.24) is 5.32 Å². The van der Waals surface area contributed by atoms with E-state index in [0.29, 0.717) is 24.7 Å². The van der Waals surface area contributed by atoms with Gasteiger partial charge in [0.25, 0.3) is 0 Å². The second-order valence-corrected chi connectivity index (χ2v) is 6.25. The van der Waals surface area contributed by atoms with Crippen molar-refractivity contribution in [3.63, 3.8) is 0 Å². The molecule has 0 radical (unpaired) electrons. The zero-order valence-corrected chi connectivity index (χ0v) is 12.1. The highest BCUT2D eigenvalue weighted by atomic mass is 16.6. The molecule has 0 bridgehead atoms. The summed E-state index contributed by atoms with van der Waals surface area (Å²) in [4.78, 5) is 23.6. The number of ether oxygens (including phenoxy) is 1. The molecule has 1 rings (SSSR count). The lowest BCUT2D eigenvalue weighted by Gasteiger charge is -2.22. The molecule has 1 amide bonds. The summed E-state index contributed by atoms with van der Waals surface area (Å²) in [6, 6.07) is -0.410. The topological polar surface area (TPSA) is 55.4 Å². The molecule has 4 heteroatoms. The van der Waals surface area contributed by atoms with Gasteiger partial charge >= 0.3 is 6.09 Å². The first-order valence-electron chi connectivity index (χ1n) is 6.75. The molecule has 3 unspecified atom stereocenters. The summed E-state index contributed by atoms with van der Waals surface area (Å²) >= 11 is 0. The lowest BCUT2D eigenvalue weighted by Crippen LogP contribution is -2.43. The molecule has 0 saturated heterocycles. The Morgan fingerprint density at radius 1 is 1.39 bits per heavy atom. The quantitative estimate of drug-likeness (QED) is 0.821. The van der Waals surface area contributed by atoms with E-state index in [1.54, 1.807) is 20.8 Å². The maximum absolute atomic E-state index is 12.0. The van der Waals surface area contributed by atoms with Gasteiger partial charge < -0.3 is 10.1 Å². The molecule has 0 aromatic heterocycles. The summed E-state index contributed by atoms with van der Waals surface area (Å²) in [6.07, 6.45) is 1.81. The van der Waals surface area contributed by atoms with Crippen LogP contribution in [0.1, 0.15) is 53.9 Å². The predicted octanol–water partition coefficient (Wildman–Crippen LogP) is 2.90. The van der Waals surface area contributed by atoms with Gasteiger partial charge in [-0.3, -0.25) is 4.79 Å². The maximum Gasteiger partial charge on any atom is 0.408 e. The van der Waals surface area contributed by atoms with E-state index < -0.39 is 17.7 Å². The third kappa shape index (κ3) is 5.07. The molecule has 1 N–H and O–H groups in total. The van der Waals surface area contributed by atoms with Crippen LogP contribution in [0.3, 0.4) is 0 Å². The Labute approximate surface area is 109 Å². The average Bonchev–Trinajstić information content (AvgIpc) is 2.87. The smallest absolute Gasteiger partial charge is 0.408 e. The van der Waals surface area contributed by atoms with E-state index in [4.69, 9.17) is 4.74 Å². The van der Waals surface area contributed by atoms with Gasteiger partial charge in [0.1, 0.15) is 5.60 Å². The molecular formula is C14H25NO3. The molecule has 1 aliphatic carbocycles. The number of rotatable bonds is 5. The Hall–Kier alpha value is -1.06. The fourth-order valence-electron chi connectivity index (χ4n) is 1.94. The van der Waals surface area contributed by atoms with Crippen LogP contribution in [0.25, 0.3) is 0 Å². The van der Waals surface area contributed by atoms with E-state index in [2.05, 4.69) is 12.2 Å². The van der Waals surface area contributed by atoms with E-state index >= 15 is 0 Å². The monoisotopic (exact) mass is 255 g/mol. The largest absolute Gasteiger partial charge is 0.444 e. The van der Waals surface area contributed by atoms with Crippen molar-refractivity contribution < 1.29 is 14.3 Å². The van der Waals surface area contributed by atoms with Gasteiger partial charge in [-0.25, -0.2) is 4.79 Å². The van der Waals surface area contributed by atoms with Crippen molar-refractivity contribution in [2.24, 2.45) is 11.8 Å². The number of carbonyl (C=O) groups excluding carboxylic acids is 2. The first-order chi connectivity index (χ1) is 8.23. The second kappa shape index (κ2) is 5.72. The van der Waals surface area contributed by atoms with Crippen LogP contribution in [0.15, 0.2) is 0 Å². The van der Waals surface area contributed by atoms with Gasteiger partial charge in [0.2, 0.25) is 0 Å². The molecule has 0 aromatic rings. The van der Waals surface area contributed by atoms with Gasteiger partial charge in [0, 0.05) is 6.42 Å². The Kier molecular flexibility index (Phi) is 4.77. The highest BCUT2D eigenvalue weighted by molar-refractivity contribution is 5.87. The summed E-state index contributed by atoms with van der Waals surface area (Å²) in [5.41, 5.74) is -0.531. The standard InChI is InChI=1S/C14H25NO3/c1-6-11(12(16)8-10-7-9(10)2)15-13(17)18-14(3,4)5/h9-11H,6-8H2,1-5H3,(H,15,17). The Morgan fingerprint density at radius 3 is 2.33 bits per heavy atom. The highest BCUT2D eigenvalue weighted by Crippen LogP contribution is 2.40. The van der Waals surface area contributed by atoms with Gasteiger partial charge in [-0.15, -0.1) is 0 Å². The minimum Gasteiger partial charge on any atom is -0.444 e. The van der Waals surface area contributed by atoms with E-state index in [-0.39, 0.29) is 5.78 Å². The van der Waals surface area contributed by atoms with Crippen molar-refractivity contribution in [3.8, 4) is 0 Å². The first kappa shape index (κ1) is 15.0. The van der Waals surface area contributed by atoms with Crippen LogP contribution in [0.5, 0.6) is 0 Å². The van der Waals surface area contributed by atoms with Crippen LogP contribution in [0.2, 0.25) is 0 Å². The molecule has 18 heavy (non-hydrogen) atoms. The third-order valence-electron chi connectivity index (χ3n) is 3.23.